The summed E-state index contributed by atoms with van der Waals surface area (Å²) in [7, 11) is 0. The van der Waals surface area contributed by atoms with Crippen LogP contribution in [0.4, 0.5) is 0 Å². The maximum atomic E-state index is 8.66. The number of aliphatic hydroxyl groups excluding tert-OH is 1. The minimum Gasteiger partial charge on any atom is -0.396 e. The molecule has 0 aliphatic heterocycles. The van der Waals surface area contributed by atoms with Crippen LogP contribution < -0.4 is 0 Å². The fraction of sp³-hybridized carbons (Fsp3) is 1.00. The highest BCUT2D eigenvalue weighted by atomic mass is 16.2. The molecule has 0 amide bonds. The summed E-state index contributed by atoms with van der Waals surface area (Å²) in [5, 5.41) is 8.66. The van der Waals surface area contributed by atoms with E-state index in [4.69, 9.17) is 5.11 Å². The quantitative estimate of drug-likeness (QED) is 0.666. The lowest BCUT2D eigenvalue weighted by molar-refractivity contribution is 0.266. The van der Waals surface area contributed by atoms with Crippen molar-refractivity contribution in [3.05, 3.63) is 0 Å². The lowest BCUT2D eigenvalue weighted by Gasteiger charge is -2.16. The second-order valence-corrected chi connectivity index (χ2v) is 4.64. The van der Waals surface area contributed by atoms with E-state index in [-0.39, 0.29) is 0 Å². The summed E-state index contributed by atoms with van der Waals surface area (Å²) in [4.78, 5) is 0. The van der Waals surface area contributed by atoms with E-state index in [0.29, 0.717) is 12.0 Å². The predicted molar refractivity (Wildman–Crippen MR) is 47.4 cm³/mol. The van der Waals surface area contributed by atoms with Crippen LogP contribution in [0.2, 0.25) is 0 Å². The van der Waals surface area contributed by atoms with E-state index in [2.05, 4.69) is 13.8 Å². The second kappa shape index (κ2) is 3.57. The normalized spacial score (nSPS) is 29.2. The average Bonchev–Trinajstić information content (AvgIpc) is 2.26. The molecule has 1 aliphatic carbocycles. The Kier molecular flexibility index (Phi) is 2.94. The van der Waals surface area contributed by atoms with Crippen LogP contribution in [0.1, 0.15) is 46.0 Å². The van der Waals surface area contributed by atoms with Crippen molar-refractivity contribution < 1.29 is 5.11 Å². The molecule has 1 atom stereocenters. The monoisotopic (exact) mass is 156 g/mol. The molecule has 0 saturated heterocycles. The molecule has 11 heavy (non-hydrogen) atoms. The van der Waals surface area contributed by atoms with Crippen molar-refractivity contribution >= 4 is 0 Å². The van der Waals surface area contributed by atoms with Crippen LogP contribution in [0.25, 0.3) is 0 Å². The van der Waals surface area contributed by atoms with E-state index in [1.165, 1.54) is 25.7 Å². The maximum Gasteiger partial charge on any atom is 0.0431 e. The molecule has 0 aromatic rings. The Labute approximate surface area is 69.8 Å². The molecular weight excluding hydrogens is 136 g/mol. The van der Waals surface area contributed by atoms with Gasteiger partial charge in [0.1, 0.15) is 0 Å². The van der Waals surface area contributed by atoms with Gasteiger partial charge in [0.25, 0.3) is 0 Å². The van der Waals surface area contributed by atoms with Crippen LogP contribution in [0.15, 0.2) is 0 Å². The molecule has 66 valence electrons. The molecular formula is C10H20O. The van der Waals surface area contributed by atoms with Crippen molar-refractivity contribution in [2.45, 2.75) is 46.0 Å². The van der Waals surface area contributed by atoms with Gasteiger partial charge in [-0.15, -0.1) is 0 Å². The summed E-state index contributed by atoms with van der Waals surface area (Å²) in [5.41, 5.74) is 0.583. The summed E-state index contributed by atoms with van der Waals surface area (Å²) in [6.07, 6.45) is 6.36. The lowest BCUT2D eigenvalue weighted by atomic mass is 9.89. The average molecular weight is 156 g/mol. The fourth-order valence-electron chi connectivity index (χ4n) is 2.21. The predicted octanol–water partition coefficient (Wildman–Crippen LogP) is 2.59. The molecule has 0 radical (unpaired) electrons. The van der Waals surface area contributed by atoms with Crippen molar-refractivity contribution in [3.63, 3.8) is 0 Å². The highest BCUT2D eigenvalue weighted by molar-refractivity contribution is 4.81. The first-order chi connectivity index (χ1) is 5.14. The zero-order valence-corrected chi connectivity index (χ0v) is 7.77. The first-order valence-corrected chi connectivity index (χ1v) is 4.75. The molecule has 1 heteroatoms. The molecule has 1 N–H and O–H groups in total. The van der Waals surface area contributed by atoms with E-state index in [1.54, 1.807) is 0 Å². The Bertz CT molecular complexity index is 118. The van der Waals surface area contributed by atoms with E-state index in [0.717, 1.165) is 12.3 Å². The Morgan fingerprint density at radius 3 is 2.64 bits per heavy atom. The van der Waals surface area contributed by atoms with Crippen molar-refractivity contribution in [3.8, 4) is 0 Å². The molecule has 1 nitrogen and oxygen atoms in total. The minimum absolute atomic E-state index is 0.372. The minimum atomic E-state index is 0.372. The third kappa shape index (κ3) is 2.82. The first kappa shape index (κ1) is 9.05. The summed E-state index contributed by atoms with van der Waals surface area (Å²) >= 11 is 0. The van der Waals surface area contributed by atoms with Gasteiger partial charge < -0.3 is 5.11 Å². The zero-order chi connectivity index (χ0) is 8.32. The van der Waals surface area contributed by atoms with Gasteiger partial charge in [-0.25, -0.2) is 0 Å². The topological polar surface area (TPSA) is 20.2 Å². The van der Waals surface area contributed by atoms with E-state index < -0.39 is 0 Å². The van der Waals surface area contributed by atoms with Crippen LogP contribution in [0.3, 0.4) is 0 Å². The summed E-state index contributed by atoms with van der Waals surface area (Å²) < 4.78 is 0. The SMILES string of the molecule is CC1(C)CCC(CCCO)C1. The smallest absolute Gasteiger partial charge is 0.0431 e. The van der Waals surface area contributed by atoms with E-state index in [1.807, 2.05) is 0 Å². The molecule has 1 rings (SSSR count). The molecule has 0 spiro atoms. The maximum absolute atomic E-state index is 8.66. The molecule has 0 aromatic carbocycles. The van der Waals surface area contributed by atoms with Crippen LogP contribution in [-0.4, -0.2) is 11.7 Å². The number of hydrogen-bond donors (Lipinski definition) is 1. The van der Waals surface area contributed by atoms with Gasteiger partial charge in [0, 0.05) is 6.61 Å². The fourth-order valence-corrected chi connectivity index (χ4v) is 2.21. The highest BCUT2D eigenvalue weighted by Crippen LogP contribution is 2.42. The Balaban J connectivity index is 2.20. The third-order valence-electron chi connectivity index (χ3n) is 2.84. The Morgan fingerprint density at radius 1 is 1.45 bits per heavy atom. The van der Waals surface area contributed by atoms with E-state index in [9.17, 15) is 0 Å². The zero-order valence-electron chi connectivity index (χ0n) is 7.77. The summed E-state index contributed by atoms with van der Waals surface area (Å²) in [5.74, 6) is 0.900. The Morgan fingerprint density at radius 2 is 2.18 bits per heavy atom. The van der Waals surface area contributed by atoms with Crippen molar-refractivity contribution in [1.82, 2.24) is 0 Å². The number of rotatable bonds is 3. The van der Waals surface area contributed by atoms with Crippen LogP contribution in [-0.2, 0) is 0 Å². The van der Waals surface area contributed by atoms with Crippen LogP contribution in [0.5, 0.6) is 0 Å². The number of hydrogen-bond acceptors (Lipinski definition) is 1. The molecule has 1 aliphatic rings. The van der Waals surface area contributed by atoms with Crippen molar-refractivity contribution in [2.75, 3.05) is 6.61 Å². The molecule has 1 saturated carbocycles. The molecule has 0 aromatic heterocycles. The lowest BCUT2D eigenvalue weighted by Crippen LogP contribution is -2.05. The van der Waals surface area contributed by atoms with Gasteiger partial charge in [0.2, 0.25) is 0 Å². The standard InChI is InChI=1S/C10H20O/c1-10(2)6-5-9(8-10)4-3-7-11/h9,11H,3-8H2,1-2H3. The third-order valence-corrected chi connectivity index (χ3v) is 2.84. The van der Waals surface area contributed by atoms with Crippen LogP contribution >= 0.6 is 0 Å². The molecule has 1 fully saturated rings. The van der Waals surface area contributed by atoms with E-state index >= 15 is 0 Å². The van der Waals surface area contributed by atoms with Gasteiger partial charge in [-0.1, -0.05) is 13.8 Å². The molecule has 0 heterocycles. The van der Waals surface area contributed by atoms with Gasteiger partial charge >= 0.3 is 0 Å². The first-order valence-electron chi connectivity index (χ1n) is 4.75. The van der Waals surface area contributed by atoms with Gasteiger partial charge in [-0.2, -0.15) is 0 Å². The highest BCUT2D eigenvalue weighted by Gasteiger charge is 2.29. The Hall–Kier alpha value is -0.0400. The van der Waals surface area contributed by atoms with Crippen molar-refractivity contribution in [1.29, 1.82) is 0 Å². The summed E-state index contributed by atoms with van der Waals surface area (Å²) in [6, 6.07) is 0. The second-order valence-electron chi connectivity index (χ2n) is 4.64. The largest absolute Gasteiger partial charge is 0.396 e. The van der Waals surface area contributed by atoms with Crippen LogP contribution in [0, 0.1) is 11.3 Å². The van der Waals surface area contributed by atoms with Gasteiger partial charge in [0.15, 0.2) is 0 Å². The van der Waals surface area contributed by atoms with Gasteiger partial charge in [-0.3, -0.25) is 0 Å². The van der Waals surface area contributed by atoms with Crippen molar-refractivity contribution in [2.24, 2.45) is 11.3 Å². The van der Waals surface area contributed by atoms with Gasteiger partial charge in [-0.05, 0) is 43.4 Å². The molecule has 1 unspecified atom stereocenters. The van der Waals surface area contributed by atoms with Gasteiger partial charge in [0.05, 0.1) is 0 Å². The molecule has 0 bridgehead atoms. The number of aliphatic hydroxyl groups is 1. The summed E-state index contributed by atoms with van der Waals surface area (Å²) in [6.45, 7) is 5.08.